The standard InChI is InChI=1S/H113P113/c1-58-87(59(2)3)101(86(56)57)108(100(84(52)53)85(54)55)112(109(102(88(60(4)5)61(6)7)89(62(8)9)63(10)11)103(90(64(12)13)65(14)15)91(66(16)17)67(18)19)113(110(104(92(68(20)21)69(22)23)93(70(24)25)71(26)27)105(94(72(28)29)73(30)31)95(74(32)33)75(34)35)111(106(96(76(36)37)77(38)39)97(78(40)41)79(42)43)107(98(80(44)45)81(46)47)99(82(48)49)83(50)51/h1-2,58H,3-57H2. The van der Waals surface area contributed by atoms with Gasteiger partial charge in [0.15, 0.2) is 0 Å². The van der Waals surface area contributed by atoms with E-state index < -0.39 is 384 Å². The second-order valence-electron chi connectivity index (χ2n) is 18.0. The molecule has 61 atom stereocenters. The summed E-state index contributed by atoms with van der Waals surface area (Å²) in [4.78, 5) is 0. The fourth-order valence-corrected chi connectivity index (χ4v) is 1700. The van der Waals surface area contributed by atoms with Crippen LogP contribution in [0.5, 0.6) is 0 Å². The van der Waals surface area contributed by atoms with Crippen LogP contribution in [-0.4, -0.2) is 0 Å². The molecule has 0 aliphatic rings. The van der Waals surface area contributed by atoms with Crippen LogP contribution in [0.15, 0.2) is 0 Å². The van der Waals surface area contributed by atoms with Gasteiger partial charge in [0.25, 0.3) is 0 Å². The molecule has 0 aliphatic carbocycles. The van der Waals surface area contributed by atoms with Gasteiger partial charge in [-0.15, -0.1) is 491 Å². The summed E-state index contributed by atoms with van der Waals surface area (Å²) in [5.41, 5.74) is 0. The Balaban J connectivity index is 15.9. The average Bonchev–Trinajstić information content (AvgIpc) is 0.704. The molecular formula is H113P113. The van der Waals surface area contributed by atoms with Crippen LogP contribution >= 0.6 is 901 Å². The van der Waals surface area contributed by atoms with E-state index in [1.807, 2.05) is 0 Å². The molecule has 0 aromatic heterocycles. The Bertz CT molecular complexity index is 1940. The van der Waals surface area contributed by atoms with Crippen molar-refractivity contribution in [3.05, 3.63) is 0 Å². The molecule has 0 fully saturated rings. The van der Waals surface area contributed by atoms with E-state index in [-0.39, 0.29) is 0 Å². The summed E-state index contributed by atoms with van der Waals surface area (Å²) < 4.78 is 0. The quantitative estimate of drug-likeness (QED) is 0.0533. The maximum absolute atomic E-state index is 4.99. The zero-order valence-electron chi connectivity index (χ0n) is 57.9. The summed E-state index contributed by atoms with van der Waals surface area (Å²) in [7, 11) is 223. The Morgan fingerprint density at radius 3 is 0.221 bits per heavy atom. The highest BCUT2D eigenvalue weighted by Crippen LogP contribution is 3.56. The van der Waals surface area contributed by atoms with Gasteiger partial charge in [0.1, 0.15) is 0 Å². The molecule has 0 nitrogen and oxygen atoms in total. The van der Waals surface area contributed by atoms with Crippen LogP contribution in [0.2, 0.25) is 0 Å². The lowest BCUT2D eigenvalue weighted by Gasteiger charge is -2.65. The Morgan fingerprint density at radius 1 is 0.106 bits per heavy atom. The fraction of sp³-hybridized carbons (Fsp3) is 0. The van der Waals surface area contributed by atoms with E-state index in [4.69, 9.17) is 17.9 Å². The molecule has 0 spiro atoms. The van der Waals surface area contributed by atoms with Crippen LogP contribution in [0.4, 0.5) is 0 Å². The van der Waals surface area contributed by atoms with Crippen molar-refractivity contribution in [1.29, 1.82) is 0 Å². The molecule has 0 saturated heterocycles. The fourth-order valence-electron chi connectivity index (χ4n) is 6.98. The lowest BCUT2D eigenvalue weighted by atomic mass is 28.3. The molecular weight excluding hydrogens is 3500 g/mol. The second kappa shape index (κ2) is 88.8. The van der Waals surface area contributed by atoms with E-state index in [9.17, 15) is 0 Å². The van der Waals surface area contributed by atoms with Crippen molar-refractivity contribution in [3.8, 4) is 0 Å². The van der Waals surface area contributed by atoms with Crippen LogP contribution in [0.25, 0.3) is 0 Å². The molecule has 113 heavy (non-hydrogen) atoms. The lowest BCUT2D eigenvalue weighted by molar-refractivity contribution is 4.28. The van der Waals surface area contributed by atoms with Gasteiger partial charge in [0.05, 0.1) is 0 Å². The lowest BCUT2D eigenvalue weighted by Crippen LogP contribution is -1.78. The molecule has 2 radical (unpaired) electrons. The van der Waals surface area contributed by atoms with Crippen LogP contribution in [0.3, 0.4) is 0 Å². The van der Waals surface area contributed by atoms with Crippen molar-refractivity contribution >= 4 is 901 Å². The Kier molecular flexibility index (Phi) is 127. The van der Waals surface area contributed by atoms with Crippen LogP contribution in [0.1, 0.15) is 0 Å². The first-order chi connectivity index (χ1) is 51.4. The monoisotopic (exact) mass is 3610 g/mol. The molecule has 678 valence electrons. The van der Waals surface area contributed by atoms with Crippen molar-refractivity contribution < 1.29 is 0 Å². The summed E-state index contributed by atoms with van der Waals surface area (Å²) in [6.07, 6.45) is 0. The SMILES string of the molecule is [PH]PP(P([PH])P)P(P(P)P)P(P(P(P)P)P(P)P)P(P(P(P(P(P)P)P(P)P)P(P(P)P)P(P)P)P(P(P(P)P)P(P)P)P(P(P)P)P(P)P)P(P(P(P(P(P)P)P(P)P)P(P(P)P)P(P)P)P(P(P(P)P)P(P)P)P(P(P)P)P(P)P)P(P(P(P(P)P)P(P)P)P(P(P)P)P(P)P)P(P(P(P)P)P(P)P)P(P(P)P)P(P)P. The molecule has 0 saturated carbocycles. The van der Waals surface area contributed by atoms with Crippen molar-refractivity contribution in [2.75, 3.05) is 0 Å². The first-order valence-electron chi connectivity index (χ1n) is 25.7. The third kappa shape index (κ3) is 56.8. The third-order valence-electron chi connectivity index (χ3n) is 10.1. The van der Waals surface area contributed by atoms with Gasteiger partial charge in [-0.3, -0.25) is 0 Å². The van der Waals surface area contributed by atoms with Crippen LogP contribution in [0, 0.1) is 0 Å². The van der Waals surface area contributed by atoms with E-state index in [0.29, 0.717) is 0 Å². The molecule has 0 aromatic carbocycles. The molecule has 113 heteroatoms. The first-order valence-corrected chi connectivity index (χ1v) is 231. The van der Waals surface area contributed by atoms with E-state index in [1.54, 1.807) is 0 Å². The largest absolute Gasteiger partial charge is 0.102 e. The van der Waals surface area contributed by atoms with E-state index >= 15 is 0 Å². The molecule has 0 heterocycles. The molecule has 0 rings (SSSR count). The van der Waals surface area contributed by atoms with Gasteiger partial charge in [-0.1, -0.05) is 25.8 Å². The van der Waals surface area contributed by atoms with Gasteiger partial charge in [0, 0.05) is 0 Å². The van der Waals surface area contributed by atoms with E-state index in [2.05, 4.69) is 491 Å². The maximum atomic E-state index is 4.99. The normalized spacial score (nSPS) is 15.8. The minimum Gasteiger partial charge on any atom is -0.102 e. The highest BCUT2D eigenvalue weighted by molar-refractivity contribution is 9.62. The van der Waals surface area contributed by atoms with Gasteiger partial charge in [-0.2, -0.15) is 0 Å². The predicted octanol–water partition coefficient (Wildman–Crippen LogP) is 67.1. The minimum absolute atomic E-state index is 0.472. The zero-order valence-corrected chi connectivity index (χ0v) is 174. The predicted molar refractivity (Wildman–Crippen MR) is 940 cm³/mol. The van der Waals surface area contributed by atoms with Crippen molar-refractivity contribution in [2.45, 2.75) is 0 Å². The van der Waals surface area contributed by atoms with Gasteiger partial charge in [0.2, 0.25) is 0 Å². The summed E-state index contributed by atoms with van der Waals surface area (Å²) in [6, 6.07) is 0. The molecule has 0 N–H and O–H groups in total. The summed E-state index contributed by atoms with van der Waals surface area (Å²) in [5.74, 6) is 0. The molecule has 0 aromatic rings. The van der Waals surface area contributed by atoms with Gasteiger partial charge < -0.3 is 0 Å². The summed E-state index contributed by atoms with van der Waals surface area (Å²) in [5, 5.41) is 0. The molecule has 61 unspecified atom stereocenters. The number of hydrogen-bond donors (Lipinski definition) is 0. The Morgan fingerprint density at radius 2 is 0.168 bits per heavy atom. The zero-order chi connectivity index (χ0) is 89.5. The maximum Gasteiger partial charge on any atom is -0.000000193 e. The topological polar surface area (TPSA) is 0 Å². The highest BCUT2D eigenvalue weighted by Gasteiger charge is 2.69. The Hall–Kier alpha value is 48.6. The first kappa shape index (κ1) is 162. The van der Waals surface area contributed by atoms with E-state index in [0.717, 1.165) is 7.96 Å². The van der Waals surface area contributed by atoms with Gasteiger partial charge >= 0.3 is 0 Å². The summed E-state index contributed by atoms with van der Waals surface area (Å²) >= 11 is 0. The number of rotatable bonds is 55. The van der Waals surface area contributed by atoms with Gasteiger partial charge in [-0.05, 0) is 384 Å². The highest BCUT2D eigenvalue weighted by atomic mass is 33.7. The smallest absolute Gasteiger partial charge is 0.000000193 e. The number of hydrogen-bond acceptors (Lipinski definition) is 0. The summed E-state index contributed by atoms with van der Waals surface area (Å²) in [6.45, 7) is -29.0. The van der Waals surface area contributed by atoms with Crippen molar-refractivity contribution in [2.24, 2.45) is 0 Å². The Labute approximate surface area is 886 Å². The van der Waals surface area contributed by atoms with E-state index in [1.165, 1.54) is 0 Å². The van der Waals surface area contributed by atoms with Crippen LogP contribution < -0.4 is 0 Å². The van der Waals surface area contributed by atoms with Crippen molar-refractivity contribution in [1.82, 2.24) is 0 Å². The molecule has 0 aliphatic heterocycles. The average molecular weight is 3610 g/mol. The minimum atomic E-state index is -0.770. The molecule has 0 bridgehead atoms. The van der Waals surface area contributed by atoms with Gasteiger partial charge in [-0.25, -0.2) is 0 Å². The second-order valence-corrected chi connectivity index (χ2v) is 486. The third-order valence-corrected chi connectivity index (χ3v) is 814. The molecule has 0 amide bonds. The van der Waals surface area contributed by atoms with Crippen molar-refractivity contribution in [3.63, 3.8) is 0 Å². The van der Waals surface area contributed by atoms with Crippen LogP contribution in [-0.2, 0) is 0 Å².